The van der Waals surface area contributed by atoms with Crippen LogP contribution in [0.25, 0.3) is 0 Å². The standard InChI is InChI=1S/C13H14O3/c1-2-3-4-5-10-6-9-7-11(14)12(15)8-13(9)16-10/h2-5,7-8,10,14-15H,6H2,1H3. The van der Waals surface area contributed by atoms with Gasteiger partial charge in [-0.25, -0.2) is 0 Å². The van der Waals surface area contributed by atoms with Gasteiger partial charge in [0, 0.05) is 18.1 Å². The Labute approximate surface area is 94.3 Å². The van der Waals surface area contributed by atoms with Crippen LogP contribution >= 0.6 is 0 Å². The van der Waals surface area contributed by atoms with E-state index in [1.165, 1.54) is 6.07 Å². The number of aromatic hydroxyl groups is 2. The van der Waals surface area contributed by atoms with Gasteiger partial charge in [-0.1, -0.05) is 18.2 Å². The first-order valence-corrected chi connectivity index (χ1v) is 5.21. The summed E-state index contributed by atoms with van der Waals surface area (Å²) in [4.78, 5) is 0. The van der Waals surface area contributed by atoms with Crippen molar-refractivity contribution in [2.75, 3.05) is 0 Å². The maximum Gasteiger partial charge on any atom is 0.161 e. The second kappa shape index (κ2) is 4.31. The van der Waals surface area contributed by atoms with Gasteiger partial charge >= 0.3 is 0 Å². The number of hydrogen-bond acceptors (Lipinski definition) is 3. The zero-order chi connectivity index (χ0) is 11.5. The summed E-state index contributed by atoms with van der Waals surface area (Å²) in [5, 5.41) is 18.7. The SMILES string of the molecule is CC=CC=CC1Cc2cc(O)c(O)cc2O1. The van der Waals surface area contributed by atoms with Crippen LogP contribution in [0.15, 0.2) is 36.4 Å². The summed E-state index contributed by atoms with van der Waals surface area (Å²) >= 11 is 0. The Balaban J connectivity index is 2.15. The molecule has 0 aliphatic carbocycles. The molecule has 1 aromatic rings. The number of allylic oxidation sites excluding steroid dienone is 3. The van der Waals surface area contributed by atoms with Crippen molar-refractivity contribution in [3.63, 3.8) is 0 Å². The van der Waals surface area contributed by atoms with Crippen LogP contribution in [-0.2, 0) is 6.42 Å². The van der Waals surface area contributed by atoms with Gasteiger partial charge in [-0.2, -0.15) is 0 Å². The molecule has 1 atom stereocenters. The fourth-order valence-electron chi connectivity index (χ4n) is 1.70. The van der Waals surface area contributed by atoms with Crippen LogP contribution in [0.5, 0.6) is 17.2 Å². The molecule has 0 saturated heterocycles. The van der Waals surface area contributed by atoms with Gasteiger partial charge in [-0.3, -0.25) is 0 Å². The minimum atomic E-state index is -0.142. The van der Waals surface area contributed by atoms with E-state index in [9.17, 15) is 10.2 Å². The largest absolute Gasteiger partial charge is 0.504 e. The average molecular weight is 218 g/mol. The van der Waals surface area contributed by atoms with Crippen molar-refractivity contribution >= 4 is 0 Å². The summed E-state index contributed by atoms with van der Waals surface area (Å²) in [5.41, 5.74) is 0.922. The lowest BCUT2D eigenvalue weighted by atomic mass is 10.1. The van der Waals surface area contributed by atoms with E-state index in [1.807, 2.05) is 31.2 Å². The van der Waals surface area contributed by atoms with Gasteiger partial charge in [0.05, 0.1) is 0 Å². The van der Waals surface area contributed by atoms with Crippen LogP contribution in [0.4, 0.5) is 0 Å². The lowest BCUT2D eigenvalue weighted by Crippen LogP contribution is -2.07. The van der Waals surface area contributed by atoms with Crippen molar-refractivity contribution in [3.8, 4) is 17.2 Å². The normalized spacial score (nSPS) is 19.2. The lowest BCUT2D eigenvalue weighted by molar-refractivity contribution is 0.282. The molecule has 0 radical (unpaired) electrons. The van der Waals surface area contributed by atoms with Gasteiger partial charge in [-0.15, -0.1) is 0 Å². The predicted molar refractivity (Wildman–Crippen MR) is 61.8 cm³/mol. The number of benzene rings is 1. The summed E-state index contributed by atoms with van der Waals surface area (Å²) in [5.74, 6) is 0.405. The van der Waals surface area contributed by atoms with Gasteiger partial charge < -0.3 is 14.9 Å². The molecular formula is C13H14O3. The molecule has 0 amide bonds. The first-order chi connectivity index (χ1) is 7.70. The van der Waals surface area contributed by atoms with E-state index in [4.69, 9.17) is 4.74 Å². The van der Waals surface area contributed by atoms with Gasteiger partial charge in [0.1, 0.15) is 11.9 Å². The summed E-state index contributed by atoms with van der Waals surface area (Å²) < 4.78 is 5.60. The third kappa shape index (κ3) is 2.03. The molecule has 1 aliphatic heterocycles. The minimum absolute atomic E-state index is 0.0209. The maximum atomic E-state index is 9.35. The zero-order valence-electron chi connectivity index (χ0n) is 9.05. The summed E-state index contributed by atoms with van der Waals surface area (Å²) in [7, 11) is 0. The Morgan fingerprint density at radius 1 is 1.25 bits per heavy atom. The summed E-state index contributed by atoms with van der Waals surface area (Å²) in [6, 6.07) is 3.00. The molecule has 1 unspecified atom stereocenters. The van der Waals surface area contributed by atoms with Crippen LogP contribution in [-0.4, -0.2) is 16.3 Å². The number of rotatable bonds is 2. The molecule has 2 rings (SSSR count). The average Bonchev–Trinajstić information content (AvgIpc) is 2.61. The highest BCUT2D eigenvalue weighted by molar-refractivity contribution is 5.51. The van der Waals surface area contributed by atoms with E-state index in [0.717, 1.165) is 12.0 Å². The number of ether oxygens (including phenoxy) is 1. The quantitative estimate of drug-likeness (QED) is 0.592. The van der Waals surface area contributed by atoms with Crippen molar-refractivity contribution < 1.29 is 14.9 Å². The van der Waals surface area contributed by atoms with Gasteiger partial charge in [0.15, 0.2) is 11.5 Å². The van der Waals surface area contributed by atoms with Crippen molar-refractivity contribution in [3.05, 3.63) is 42.0 Å². The fourth-order valence-corrected chi connectivity index (χ4v) is 1.70. The third-order valence-corrected chi connectivity index (χ3v) is 2.49. The highest BCUT2D eigenvalue weighted by Gasteiger charge is 2.22. The van der Waals surface area contributed by atoms with Crippen molar-refractivity contribution in [1.82, 2.24) is 0 Å². The molecule has 0 bridgehead atoms. The smallest absolute Gasteiger partial charge is 0.161 e. The van der Waals surface area contributed by atoms with Gasteiger partial charge in [0.2, 0.25) is 0 Å². The molecule has 0 aromatic heterocycles. The van der Waals surface area contributed by atoms with E-state index >= 15 is 0 Å². The maximum absolute atomic E-state index is 9.35. The number of phenols is 2. The van der Waals surface area contributed by atoms with Crippen LogP contribution in [0.1, 0.15) is 12.5 Å². The first kappa shape index (κ1) is 10.6. The molecule has 0 fully saturated rings. The van der Waals surface area contributed by atoms with Crippen LogP contribution in [0.2, 0.25) is 0 Å². The third-order valence-electron chi connectivity index (χ3n) is 2.49. The van der Waals surface area contributed by atoms with E-state index in [-0.39, 0.29) is 17.6 Å². The number of fused-ring (bicyclic) bond motifs is 1. The molecular weight excluding hydrogens is 204 g/mol. The highest BCUT2D eigenvalue weighted by atomic mass is 16.5. The van der Waals surface area contributed by atoms with Crippen LogP contribution < -0.4 is 4.74 Å². The topological polar surface area (TPSA) is 49.7 Å². The molecule has 84 valence electrons. The Hall–Kier alpha value is -1.90. The highest BCUT2D eigenvalue weighted by Crippen LogP contribution is 2.37. The number of phenolic OH excluding ortho intramolecular Hbond substituents is 2. The molecule has 1 aromatic carbocycles. The summed E-state index contributed by atoms with van der Waals surface area (Å²) in [6.45, 7) is 1.95. The molecule has 1 aliphatic rings. The molecule has 16 heavy (non-hydrogen) atoms. The fraction of sp³-hybridized carbons (Fsp3) is 0.231. The Morgan fingerprint density at radius 3 is 2.75 bits per heavy atom. The Bertz CT molecular complexity index is 416. The number of hydrogen-bond donors (Lipinski definition) is 2. The van der Waals surface area contributed by atoms with Crippen molar-refractivity contribution in [2.24, 2.45) is 0 Å². The van der Waals surface area contributed by atoms with E-state index in [1.54, 1.807) is 6.07 Å². The summed E-state index contributed by atoms with van der Waals surface area (Å²) in [6.07, 6.45) is 8.45. The molecule has 2 N–H and O–H groups in total. The van der Waals surface area contributed by atoms with Crippen LogP contribution in [0.3, 0.4) is 0 Å². The van der Waals surface area contributed by atoms with Crippen molar-refractivity contribution in [2.45, 2.75) is 19.4 Å². The second-order valence-corrected chi connectivity index (χ2v) is 3.72. The van der Waals surface area contributed by atoms with E-state index in [2.05, 4.69) is 0 Å². The Kier molecular flexibility index (Phi) is 2.86. The first-order valence-electron chi connectivity index (χ1n) is 5.21. The minimum Gasteiger partial charge on any atom is -0.504 e. The molecule has 3 heteroatoms. The molecule has 1 heterocycles. The monoisotopic (exact) mass is 218 g/mol. The van der Waals surface area contributed by atoms with Gasteiger partial charge in [0.25, 0.3) is 0 Å². The van der Waals surface area contributed by atoms with Gasteiger partial charge in [-0.05, 0) is 19.1 Å². The molecule has 0 spiro atoms. The lowest BCUT2D eigenvalue weighted by Gasteiger charge is -2.04. The second-order valence-electron chi connectivity index (χ2n) is 3.72. The van der Waals surface area contributed by atoms with Crippen LogP contribution in [0, 0.1) is 0 Å². The van der Waals surface area contributed by atoms with E-state index in [0.29, 0.717) is 5.75 Å². The predicted octanol–water partition coefficient (Wildman–Crippen LogP) is 2.53. The van der Waals surface area contributed by atoms with E-state index < -0.39 is 0 Å². The molecule has 3 nitrogen and oxygen atoms in total. The van der Waals surface area contributed by atoms with Crippen molar-refractivity contribution in [1.29, 1.82) is 0 Å². The molecule has 0 saturated carbocycles. The Morgan fingerprint density at radius 2 is 2.00 bits per heavy atom. The zero-order valence-corrected chi connectivity index (χ0v) is 9.05.